The van der Waals surface area contributed by atoms with Crippen molar-refractivity contribution in [2.24, 2.45) is 0 Å². The molecule has 0 fully saturated rings. The number of hydrogen-bond acceptors (Lipinski definition) is 1. The van der Waals surface area contributed by atoms with E-state index in [1.807, 2.05) is 24.3 Å². The normalized spacial score (nSPS) is 14.0. The number of rotatable bonds is 5. The number of benzene rings is 2. The molecule has 0 saturated carbocycles. The van der Waals surface area contributed by atoms with Gasteiger partial charge in [-0.2, -0.15) is 0 Å². The third kappa shape index (κ3) is 4.15. The molecule has 0 heterocycles. The van der Waals surface area contributed by atoms with Crippen molar-refractivity contribution in [3.05, 3.63) is 69.9 Å². The maximum Gasteiger partial charge on any atom is 0.126 e. The smallest absolute Gasteiger partial charge is 0.126 e. The van der Waals surface area contributed by atoms with E-state index in [0.29, 0.717) is 6.42 Å². The molecule has 0 aliphatic heterocycles. The van der Waals surface area contributed by atoms with Crippen LogP contribution in [0.5, 0.6) is 0 Å². The summed E-state index contributed by atoms with van der Waals surface area (Å²) in [5.74, 6) is -0.127. The molecular formula is C17H19BrFN. The molecule has 20 heavy (non-hydrogen) atoms. The summed E-state index contributed by atoms with van der Waals surface area (Å²) in [6, 6.07) is 15.7. The molecule has 2 aromatic carbocycles. The van der Waals surface area contributed by atoms with E-state index in [-0.39, 0.29) is 17.9 Å². The van der Waals surface area contributed by atoms with Crippen LogP contribution in [0.1, 0.15) is 31.0 Å². The first kappa shape index (κ1) is 15.2. The Bertz CT molecular complexity index is 553. The minimum Gasteiger partial charge on any atom is -0.307 e. The van der Waals surface area contributed by atoms with Gasteiger partial charge in [-0.25, -0.2) is 4.39 Å². The zero-order valence-corrected chi connectivity index (χ0v) is 13.3. The first-order chi connectivity index (χ1) is 9.56. The maximum absolute atomic E-state index is 13.6. The topological polar surface area (TPSA) is 12.0 Å². The Hall–Kier alpha value is -1.19. The van der Waals surface area contributed by atoms with Crippen molar-refractivity contribution in [2.75, 3.05) is 0 Å². The summed E-state index contributed by atoms with van der Waals surface area (Å²) in [6.07, 6.45) is 0.688. The van der Waals surface area contributed by atoms with E-state index in [4.69, 9.17) is 0 Å². The highest BCUT2D eigenvalue weighted by atomic mass is 79.9. The van der Waals surface area contributed by atoms with Gasteiger partial charge in [0.15, 0.2) is 0 Å². The molecule has 0 aliphatic rings. The molecule has 0 amide bonds. The lowest BCUT2D eigenvalue weighted by atomic mass is 10.0. The van der Waals surface area contributed by atoms with Crippen LogP contribution < -0.4 is 5.32 Å². The van der Waals surface area contributed by atoms with Crippen LogP contribution in [-0.2, 0) is 6.42 Å². The van der Waals surface area contributed by atoms with Crippen molar-refractivity contribution < 1.29 is 4.39 Å². The fourth-order valence-electron chi connectivity index (χ4n) is 2.33. The van der Waals surface area contributed by atoms with E-state index in [2.05, 4.69) is 47.2 Å². The van der Waals surface area contributed by atoms with Crippen molar-refractivity contribution in [2.45, 2.75) is 32.4 Å². The van der Waals surface area contributed by atoms with Gasteiger partial charge in [-0.3, -0.25) is 0 Å². The van der Waals surface area contributed by atoms with E-state index in [1.54, 1.807) is 6.07 Å². The molecule has 0 radical (unpaired) electrons. The molecule has 2 unspecified atom stereocenters. The molecule has 1 N–H and O–H groups in total. The van der Waals surface area contributed by atoms with E-state index < -0.39 is 0 Å². The van der Waals surface area contributed by atoms with E-state index in [0.717, 1.165) is 10.0 Å². The quantitative estimate of drug-likeness (QED) is 0.821. The molecule has 106 valence electrons. The van der Waals surface area contributed by atoms with Gasteiger partial charge in [-0.05, 0) is 49.6 Å². The van der Waals surface area contributed by atoms with Crippen molar-refractivity contribution in [3.63, 3.8) is 0 Å². The molecule has 2 atom stereocenters. The van der Waals surface area contributed by atoms with Crippen LogP contribution >= 0.6 is 15.9 Å². The lowest BCUT2D eigenvalue weighted by Crippen LogP contribution is -2.31. The second kappa shape index (κ2) is 7.00. The van der Waals surface area contributed by atoms with Crippen molar-refractivity contribution in [3.8, 4) is 0 Å². The average molecular weight is 336 g/mol. The van der Waals surface area contributed by atoms with Gasteiger partial charge < -0.3 is 5.32 Å². The Morgan fingerprint density at radius 1 is 1.05 bits per heavy atom. The molecule has 0 saturated heterocycles. The number of hydrogen-bond donors (Lipinski definition) is 1. The fourth-order valence-corrected chi connectivity index (χ4v) is 2.59. The first-order valence-electron chi connectivity index (χ1n) is 6.81. The van der Waals surface area contributed by atoms with Gasteiger partial charge in [0.05, 0.1) is 0 Å². The van der Waals surface area contributed by atoms with Crippen molar-refractivity contribution in [1.82, 2.24) is 5.32 Å². The molecule has 0 bridgehead atoms. The van der Waals surface area contributed by atoms with Gasteiger partial charge in [0, 0.05) is 16.6 Å². The van der Waals surface area contributed by atoms with E-state index >= 15 is 0 Å². The standard InChI is InChI=1S/C17H19BrFN/c1-12(11-15-5-3-4-6-17(15)19)20-13(2)14-7-9-16(18)10-8-14/h3-10,12-13,20H,11H2,1-2H3. The van der Waals surface area contributed by atoms with Crippen molar-refractivity contribution in [1.29, 1.82) is 0 Å². The monoisotopic (exact) mass is 335 g/mol. The summed E-state index contributed by atoms with van der Waals surface area (Å²) >= 11 is 3.44. The summed E-state index contributed by atoms with van der Waals surface area (Å²) in [5.41, 5.74) is 1.99. The third-order valence-electron chi connectivity index (χ3n) is 3.39. The number of halogens is 2. The molecule has 2 rings (SSSR count). The minimum atomic E-state index is -0.127. The van der Waals surface area contributed by atoms with Crippen LogP contribution in [0.3, 0.4) is 0 Å². The lowest BCUT2D eigenvalue weighted by Gasteiger charge is -2.20. The summed E-state index contributed by atoms with van der Waals surface area (Å²) in [7, 11) is 0. The van der Waals surface area contributed by atoms with Gasteiger partial charge in [0.2, 0.25) is 0 Å². The highest BCUT2D eigenvalue weighted by molar-refractivity contribution is 9.10. The molecule has 0 aliphatic carbocycles. The predicted molar refractivity (Wildman–Crippen MR) is 85.3 cm³/mol. The second-order valence-corrected chi connectivity index (χ2v) is 6.05. The summed E-state index contributed by atoms with van der Waals surface area (Å²) < 4.78 is 14.7. The van der Waals surface area contributed by atoms with Crippen LogP contribution in [0, 0.1) is 5.82 Å². The Kier molecular flexibility index (Phi) is 5.32. The van der Waals surface area contributed by atoms with Crippen LogP contribution in [0.2, 0.25) is 0 Å². The number of nitrogens with one attached hydrogen (secondary N) is 1. The summed E-state index contributed by atoms with van der Waals surface area (Å²) in [5, 5.41) is 3.51. The first-order valence-corrected chi connectivity index (χ1v) is 7.60. The Balaban J connectivity index is 1.96. The van der Waals surface area contributed by atoms with Crippen LogP contribution in [0.25, 0.3) is 0 Å². The SMILES string of the molecule is CC(Cc1ccccc1F)NC(C)c1ccc(Br)cc1. The maximum atomic E-state index is 13.6. The summed E-state index contributed by atoms with van der Waals surface area (Å²) in [6.45, 7) is 4.21. The van der Waals surface area contributed by atoms with Gasteiger partial charge in [0.1, 0.15) is 5.82 Å². The summed E-state index contributed by atoms with van der Waals surface area (Å²) in [4.78, 5) is 0. The Labute approximate surface area is 128 Å². The molecular weight excluding hydrogens is 317 g/mol. The highest BCUT2D eigenvalue weighted by Gasteiger charge is 2.11. The van der Waals surface area contributed by atoms with Gasteiger partial charge >= 0.3 is 0 Å². The molecule has 1 nitrogen and oxygen atoms in total. The van der Waals surface area contributed by atoms with E-state index in [1.165, 1.54) is 11.6 Å². The minimum absolute atomic E-state index is 0.127. The molecule has 0 spiro atoms. The van der Waals surface area contributed by atoms with Crippen LogP contribution in [0.4, 0.5) is 4.39 Å². The zero-order valence-electron chi connectivity index (χ0n) is 11.7. The predicted octanol–water partition coefficient (Wildman–Crippen LogP) is 4.87. The van der Waals surface area contributed by atoms with Gasteiger partial charge in [-0.15, -0.1) is 0 Å². The van der Waals surface area contributed by atoms with Gasteiger partial charge in [0.25, 0.3) is 0 Å². The van der Waals surface area contributed by atoms with Crippen molar-refractivity contribution >= 4 is 15.9 Å². The van der Waals surface area contributed by atoms with E-state index in [9.17, 15) is 4.39 Å². The molecule has 2 aromatic rings. The highest BCUT2D eigenvalue weighted by Crippen LogP contribution is 2.18. The zero-order chi connectivity index (χ0) is 14.5. The Morgan fingerprint density at radius 3 is 2.35 bits per heavy atom. The Morgan fingerprint density at radius 2 is 1.70 bits per heavy atom. The van der Waals surface area contributed by atoms with Gasteiger partial charge in [-0.1, -0.05) is 46.3 Å². The molecule has 0 aromatic heterocycles. The third-order valence-corrected chi connectivity index (χ3v) is 3.92. The van der Waals surface area contributed by atoms with Crippen LogP contribution in [-0.4, -0.2) is 6.04 Å². The largest absolute Gasteiger partial charge is 0.307 e. The van der Waals surface area contributed by atoms with Crippen LogP contribution in [0.15, 0.2) is 53.0 Å². The average Bonchev–Trinajstić information content (AvgIpc) is 2.42. The second-order valence-electron chi connectivity index (χ2n) is 5.14. The fraction of sp³-hybridized carbons (Fsp3) is 0.294. The molecule has 3 heteroatoms. The lowest BCUT2D eigenvalue weighted by molar-refractivity contribution is 0.469.